The number of sulfonamides is 1. The molecule has 2 atom stereocenters. The Morgan fingerprint density at radius 3 is 2.50 bits per heavy atom. The Bertz CT molecular complexity index is 1050. The molecule has 1 fully saturated rings. The molecule has 0 N–H and O–H groups in total. The fourth-order valence-corrected chi connectivity index (χ4v) is 6.01. The van der Waals surface area contributed by atoms with Crippen LogP contribution in [0.4, 0.5) is 0 Å². The summed E-state index contributed by atoms with van der Waals surface area (Å²) in [5.74, 6) is -0.197. The maximum Gasteiger partial charge on any atom is 0.243 e. The fourth-order valence-electron chi connectivity index (χ4n) is 3.85. The lowest BCUT2D eigenvalue weighted by molar-refractivity contribution is -0.136. The van der Waals surface area contributed by atoms with Gasteiger partial charge in [0.2, 0.25) is 15.9 Å². The van der Waals surface area contributed by atoms with E-state index in [1.165, 1.54) is 9.21 Å². The van der Waals surface area contributed by atoms with Crippen LogP contribution in [0, 0.1) is 5.92 Å². The SMILES string of the molecule is CC(C)CC(=O)CN(C)C(=O)[C@@H]1C[C@@H](S)CN1S(=O)(=O)c1ccc2ccccc2c1. The van der Waals surface area contributed by atoms with Crippen molar-refractivity contribution >= 4 is 45.1 Å². The molecule has 0 spiro atoms. The highest BCUT2D eigenvalue weighted by Gasteiger charge is 2.44. The zero-order chi connectivity index (χ0) is 22.1. The van der Waals surface area contributed by atoms with Crippen molar-refractivity contribution in [2.75, 3.05) is 20.1 Å². The van der Waals surface area contributed by atoms with E-state index < -0.39 is 16.1 Å². The van der Waals surface area contributed by atoms with E-state index in [1.54, 1.807) is 25.2 Å². The summed E-state index contributed by atoms with van der Waals surface area (Å²) in [7, 11) is -2.34. The van der Waals surface area contributed by atoms with Crippen molar-refractivity contribution in [1.29, 1.82) is 0 Å². The molecule has 1 aliphatic heterocycles. The van der Waals surface area contributed by atoms with Crippen LogP contribution in [0.25, 0.3) is 10.8 Å². The molecule has 2 aromatic carbocycles. The summed E-state index contributed by atoms with van der Waals surface area (Å²) in [4.78, 5) is 26.7. The number of ketones is 1. The summed E-state index contributed by atoms with van der Waals surface area (Å²) in [5.41, 5.74) is 0. The molecule has 1 heterocycles. The maximum atomic E-state index is 13.4. The van der Waals surface area contributed by atoms with Gasteiger partial charge < -0.3 is 4.90 Å². The van der Waals surface area contributed by atoms with Gasteiger partial charge in [-0.15, -0.1) is 0 Å². The number of hydrogen-bond acceptors (Lipinski definition) is 5. The smallest absolute Gasteiger partial charge is 0.243 e. The fraction of sp³-hybridized carbons (Fsp3) is 0.455. The number of carbonyl (C=O) groups excluding carboxylic acids is 2. The first-order chi connectivity index (χ1) is 14.1. The van der Waals surface area contributed by atoms with E-state index >= 15 is 0 Å². The second-order valence-electron chi connectivity index (χ2n) is 8.32. The molecule has 0 unspecified atom stereocenters. The van der Waals surface area contributed by atoms with Crippen LogP contribution in [0.2, 0.25) is 0 Å². The Hall–Kier alpha value is -1.90. The number of nitrogens with zero attached hydrogens (tertiary/aromatic N) is 2. The van der Waals surface area contributed by atoms with Crippen molar-refractivity contribution < 1.29 is 18.0 Å². The van der Waals surface area contributed by atoms with Crippen LogP contribution in [-0.4, -0.2) is 60.7 Å². The van der Waals surface area contributed by atoms with Gasteiger partial charge in [-0.05, 0) is 35.2 Å². The Balaban J connectivity index is 1.85. The third-order valence-corrected chi connectivity index (χ3v) is 7.52. The molecule has 0 aliphatic carbocycles. The number of carbonyl (C=O) groups is 2. The lowest BCUT2D eigenvalue weighted by Gasteiger charge is -2.27. The molecule has 1 saturated heterocycles. The average molecular weight is 449 g/mol. The monoisotopic (exact) mass is 448 g/mol. The predicted octanol–water partition coefficient (Wildman–Crippen LogP) is 2.97. The Morgan fingerprint density at radius 2 is 1.83 bits per heavy atom. The van der Waals surface area contributed by atoms with Crippen LogP contribution >= 0.6 is 12.6 Å². The quantitative estimate of drug-likeness (QED) is 0.661. The summed E-state index contributed by atoms with van der Waals surface area (Å²) in [5, 5.41) is 1.52. The normalized spacial score (nSPS) is 20.0. The summed E-state index contributed by atoms with van der Waals surface area (Å²) >= 11 is 4.45. The predicted molar refractivity (Wildman–Crippen MR) is 121 cm³/mol. The lowest BCUT2D eigenvalue weighted by Crippen LogP contribution is -2.47. The molecule has 2 aromatic rings. The molecule has 6 nitrogen and oxygen atoms in total. The Kier molecular flexibility index (Phi) is 6.89. The first-order valence-corrected chi connectivity index (χ1v) is 12.0. The number of Topliss-reactive ketones (excluding diaryl/α,β-unsaturated/α-hetero) is 1. The number of likely N-dealkylation sites (N-methyl/N-ethyl adjacent to an activating group) is 1. The van der Waals surface area contributed by atoms with Gasteiger partial charge in [0, 0.05) is 25.3 Å². The molecule has 0 saturated carbocycles. The van der Waals surface area contributed by atoms with Crippen molar-refractivity contribution in [2.24, 2.45) is 5.92 Å². The number of hydrogen-bond donors (Lipinski definition) is 1. The van der Waals surface area contributed by atoms with E-state index in [4.69, 9.17) is 0 Å². The number of thiol groups is 1. The number of benzene rings is 2. The molecular formula is C22H28N2O4S2. The first kappa shape index (κ1) is 22.8. The summed E-state index contributed by atoms with van der Waals surface area (Å²) < 4.78 is 28.0. The topological polar surface area (TPSA) is 74.8 Å². The zero-order valence-corrected chi connectivity index (χ0v) is 19.2. The van der Waals surface area contributed by atoms with Gasteiger partial charge in [0.15, 0.2) is 5.78 Å². The van der Waals surface area contributed by atoms with Gasteiger partial charge in [-0.25, -0.2) is 8.42 Å². The van der Waals surface area contributed by atoms with Gasteiger partial charge in [0.05, 0.1) is 11.4 Å². The van der Waals surface area contributed by atoms with E-state index in [9.17, 15) is 18.0 Å². The second kappa shape index (κ2) is 9.08. The first-order valence-electron chi connectivity index (χ1n) is 10.0. The van der Waals surface area contributed by atoms with E-state index in [0.29, 0.717) is 12.8 Å². The Morgan fingerprint density at radius 1 is 1.17 bits per heavy atom. The van der Waals surface area contributed by atoms with Gasteiger partial charge in [-0.1, -0.05) is 44.2 Å². The summed E-state index contributed by atoms with van der Waals surface area (Å²) in [6.45, 7) is 4.02. The van der Waals surface area contributed by atoms with Crippen molar-refractivity contribution in [3.05, 3.63) is 42.5 Å². The highest BCUT2D eigenvalue weighted by molar-refractivity contribution is 7.89. The minimum atomic E-state index is -3.89. The van der Waals surface area contributed by atoms with Gasteiger partial charge in [0.1, 0.15) is 6.04 Å². The van der Waals surface area contributed by atoms with Crippen molar-refractivity contribution in [2.45, 2.75) is 42.9 Å². The third kappa shape index (κ3) is 4.87. The van der Waals surface area contributed by atoms with Gasteiger partial charge >= 0.3 is 0 Å². The highest BCUT2D eigenvalue weighted by atomic mass is 32.2. The molecule has 0 bridgehead atoms. The average Bonchev–Trinajstić information content (AvgIpc) is 3.08. The van der Waals surface area contributed by atoms with Crippen LogP contribution in [0.3, 0.4) is 0 Å². The van der Waals surface area contributed by atoms with E-state index in [1.807, 2.05) is 38.1 Å². The number of rotatable bonds is 7. The van der Waals surface area contributed by atoms with Crippen LogP contribution in [0.1, 0.15) is 26.7 Å². The largest absolute Gasteiger partial charge is 0.337 e. The van der Waals surface area contributed by atoms with Crippen LogP contribution in [0.5, 0.6) is 0 Å². The Labute approximate surface area is 183 Å². The van der Waals surface area contributed by atoms with Crippen LogP contribution < -0.4 is 0 Å². The molecule has 3 rings (SSSR count). The van der Waals surface area contributed by atoms with Crippen LogP contribution in [-0.2, 0) is 19.6 Å². The van der Waals surface area contributed by atoms with Gasteiger partial charge in [-0.2, -0.15) is 16.9 Å². The van der Waals surface area contributed by atoms with Crippen molar-refractivity contribution in [3.63, 3.8) is 0 Å². The second-order valence-corrected chi connectivity index (χ2v) is 10.9. The lowest BCUT2D eigenvalue weighted by atomic mass is 10.1. The standard InChI is InChI=1S/C22H28N2O4S2/c1-15(2)10-18(25)13-23(3)22(26)21-12-19(29)14-24(21)30(27,28)20-9-8-16-6-4-5-7-17(16)11-20/h4-9,11,15,19,21,29H,10,12-14H2,1-3H3/t19-,21+/m1/s1. The highest BCUT2D eigenvalue weighted by Crippen LogP contribution is 2.31. The van der Waals surface area contributed by atoms with E-state index in [2.05, 4.69) is 12.6 Å². The van der Waals surface area contributed by atoms with Crippen molar-refractivity contribution in [3.8, 4) is 0 Å². The molecule has 30 heavy (non-hydrogen) atoms. The molecule has 8 heteroatoms. The maximum absolute atomic E-state index is 13.4. The third-order valence-electron chi connectivity index (χ3n) is 5.27. The minimum Gasteiger partial charge on any atom is -0.337 e. The molecule has 0 radical (unpaired) electrons. The van der Waals surface area contributed by atoms with Crippen molar-refractivity contribution in [1.82, 2.24) is 9.21 Å². The molecule has 162 valence electrons. The molecule has 0 aromatic heterocycles. The number of amides is 1. The van der Waals surface area contributed by atoms with E-state index in [0.717, 1.165) is 10.8 Å². The number of fused-ring (bicyclic) bond motifs is 1. The molecule has 1 aliphatic rings. The molecular weight excluding hydrogens is 420 g/mol. The van der Waals surface area contributed by atoms with Gasteiger partial charge in [-0.3, -0.25) is 9.59 Å². The zero-order valence-electron chi connectivity index (χ0n) is 17.5. The summed E-state index contributed by atoms with van der Waals surface area (Å²) in [6, 6.07) is 11.6. The summed E-state index contributed by atoms with van der Waals surface area (Å²) in [6.07, 6.45) is 0.702. The van der Waals surface area contributed by atoms with E-state index in [-0.39, 0.29) is 40.8 Å². The van der Waals surface area contributed by atoms with Crippen LogP contribution in [0.15, 0.2) is 47.4 Å². The minimum absolute atomic E-state index is 0.0192. The molecule has 1 amide bonds. The van der Waals surface area contributed by atoms with Gasteiger partial charge in [0.25, 0.3) is 0 Å².